The molecular weight excluding hydrogens is 1800 g/mol. The molecule has 15 heterocycles. The van der Waals surface area contributed by atoms with E-state index in [9.17, 15) is 32.8 Å². The summed E-state index contributed by atoms with van der Waals surface area (Å²) in [6, 6.07) is 80.0. The van der Waals surface area contributed by atoms with E-state index >= 15 is 0 Å². The van der Waals surface area contributed by atoms with Gasteiger partial charge in [-0.1, -0.05) is 67.6 Å². The number of nitrogens with zero attached hydrogens (tertiary/aromatic N) is 16. The monoisotopic (exact) mass is 1920 g/mol. The van der Waals surface area contributed by atoms with Crippen LogP contribution in [0.1, 0.15) is 147 Å². The Balaban J connectivity index is 0.000000118. The number of amides is 5. The molecule has 0 aliphatic carbocycles. The number of rotatable bonds is 19. The minimum atomic E-state index is -2.69. The van der Waals surface area contributed by atoms with Gasteiger partial charge in [0.15, 0.2) is 0 Å². The fourth-order valence-corrected chi connectivity index (χ4v) is 19.7. The molecule has 5 aliphatic heterocycles. The zero-order valence-corrected chi connectivity index (χ0v) is 82.0. The third-order valence-electron chi connectivity index (χ3n) is 28.1. The summed E-state index contributed by atoms with van der Waals surface area (Å²) < 4.78 is 63.1. The third kappa shape index (κ3) is 21.9. The number of carbonyl (C=O) groups excluding carboxylic acids is 5. The molecule has 28 heteroatoms. The van der Waals surface area contributed by atoms with E-state index in [-0.39, 0.29) is 41.6 Å². The van der Waals surface area contributed by atoms with Crippen LogP contribution in [0.3, 0.4) is 0 Å². The second-order valence-corrected chi connectivity index (χ2v) is 37.0. The van der Waals surface area contributed by atoms with Gasteiger partial charge in [0.1, 0.15) is 57.0 Å². The van der Waals surface area contributed by atoms with E-state index in [1.807, 2.05) is 280 Å². The zero-order valence-electron chi connectivity index (χ0n) is 82.0. The van der Waals surface area contributed by atoms with Gasteiger partial charge in [-0.05, 0) is 271 Å². The van der Waals surface area contributed by atoms with Crippen molar-refractivity contribution in [1.82, 2.24) is 77.2 Å². The number of piperidine rings is 3. The van der Waals surface area contributed by atoms with E-state index in [0.717, 1.165) is 204 Å². The lowest BCUT2D eigenvalue weighted by Crippen LogP contribution is -2.48. The second kappa shape index (κ2) is 43.9. The zero-order chi connectivity index (χ0) is 99.4. The molecule has 0 saturated carbocycles. The Hall–Kier alpha value is -15.8. The lowest BCUT2D eigenvalue weighted by atomic mass is 9.89. The number of alkyl halides is 2. The fourth-order valence-electron chi connectivity index (χ4n) is 19.7. The summed E-state index contributed by atoms with van der Waals surface area (Å²) >= 11 is 0. The Morgan fingerprint density at radius 2 is 0.587 bits per heavy atom. The molecule has 22 rings (SSSR count). The molecule has 7 aromatic carbocycles. The average molecular weight is 1920 g/mol. The number of piperazine rings is 1. The highest BCUT2D eigenvalue weighted by molar-refractivity contribution is 6.01. The van der Waals surface area contributed by atoms with E-state index in [1.165, 1.54) is 17.5 Å². The topological polar surface area (TPSA) is 240 Å². The van der Waals surface area contributed by atoms with Gasteiger partial charge in [0, 0.05) is 207 Å². The van der Waals surface area contributed by atoms with Crippen molar-refractivity contribution in [3.8, 4) is 57.2 Å². The maximum absolute atomic E-state index is 13.5. The quantitative estimate of drug-likeness (QED) is 0.0731. The lowest BCUT2D eigenvalue weighted by molar-refractivity contribution is -0.0595. The van der Waals surface area contributed by atoms with Crippen molar-refractivity contribution in [3.63, 3.8) is 0 Å². The average Bonchev–Trinajstić information content (AvgIpc) is 1.72. The van der Waals surface area contributed by atoms with Gasteiger partial charge in [0.05, 0.1) is 63.4 Å². The van der Waals surface area contributed by atoms with Crippen molar-refractivity contribution in [2.24, 2.45) is 5.92 Å². The first kappa shape index (κ1) is 97.4. The minimum absolute atomic E-state index is 0.0452. The predicted molar refractivity (Wildman–Crippen MR) is 554 cm³/mol. The van der Waals surface area contributed by atoms with Gasteiger partial charge in [-0.3, -0.25) is 24.0 Å². The summed E-state index contributed by atoms with van der Waals surface area (Å²) in [5, 5.41) is 4.69. The Labute approximate surface area is 830 Å². The van der Waals surface area contributed by atoms with Crippen molar-refractivity contribution < 1.29 is 56.4 Å². The third-order valence-corrected chi connectivity index (χ3v) is 28.1. The SMILES string of the molecule is CCN1CCN(C(=O)c2cnc3c(ccn3-c3ccc(OC)cc3)c2)CC1.COc1ccc(-n2ccc3cc(C(=O)N4CC(c5ccccc5)C4)cnc32)cc1.COc1ccc(-n2ccc3cc(C(=O)N4CCC(C(C)(F)F)CC4)cnc32)cc1.COc1ccc(-n2ccc3cc(C(=O)N4CCC(c5ccccc5)CC4)cnc32)cc1.COc1ccc(-n2ccc3cc(C(=O)N4[C@H](C)CCC[C@@H]4C)cnc32)cc1. The molecule has 2 atom stereocenters. The molecule has 0 spiro atoms. The van der Waals surface area contributed by atoms with Crippen LogP contribution in [0.4, 0.5) is 8.78 Å². The first-order valence-corrected chi connectivity index (χ1v) is 48.9. The molecule has 0 radical (unpaired) electrons. The van der Waals surface area contributed by atoms with Crippen LogP contribution in [-0.4, -0.2) is 232 Å². The van der Waals surface area contributed by atoms with E-state index in [2.05, 4.69) is 87.0 Å². The van der Waals surface area contributed by atoms with Gasteiger partial charge >= 0.3 is 0 Å². The standard InChI is InChI=1S/C26H25N3O2.C24H21N3O2.C22H23F2N3O2.C22H25N3O2.C21H24N4O2/c1-31-24-9-7-23(8-10-24)29-16-13-21-17-22(18-27-25(21)29)26(30)28-14-11-20(12-15-28)19-5-3-2-4-6-19;1-29-22-9-7-21(8-10-22)27-12-11-18-13-19(14-25-23(18)27)24(28)26-15-20(16-26)17-5-3-2-4-6-17;1-22(23,24)17-8-10-26(11-9-17)21(28)16-13-15-7-12-27(20(15)25-14-16)18-3-5-19(29-2)6-4-18;1-15-5-4-6-16(2)25(15)22(26)18-13-17-11-12-24(21(17)23-14-18)19-7-9-20(27-3)10-8-19;1-3-23-10-12-24(13-11-23)21(26)17-14-16-8-9-25(20(16)22-15-17)18-4-6-19(27-2)7-5-18/h2-10,13,16-18,20H,11-12,14-15H2,1H3;2-14,20H,15-16H2,1H3;3-7,12-14,17H,8-11H2,1-2H3;7-16H,4-6H2,1-3H3;4-9,14-15H,3,10-13H2,1-2H3/t;;;15-,16+;. The molecule has 17 aromatic rings. The number of pyridine rings is 5. The summed E-state index contributed by atoms with van der Waals surface area (Å²) in [6.07, 6.45) is 24.1. The number of hydrogen-bond acceptors (Lipinski definition) is 16. The number of methoxy groups -OCH3 is 5. The van der Waals surface area contributed by atoms with Crippen molar-refractivity contribution in [1.29, 1.82) is 0 Å². The number of likely N-dealkylation sites (tertiary alicyclic amines) is 4. The Morgan fingerprint density at radius 1 is 0.322 bits per heavy atom. The van der Waals surface area contributed by atoms with E-state index in [0.29, 0.717) is 65.6 Å². The number of aromatic nitrogens is 10. The summed E-state index contributed by atoms with van der Waals surface area (Å²) in [6.45, 7) is 15.6. The molecular formula is C115H118F2N16O10. The molecule has 0 unspecified atom stereocenters. The first-order chi connectivity index (χ1) is 69.6. The van der Waals surface area contributed by atoms with Gasteiger partial charge in [0.25, 0.3) is 29.5 Å². The Morgan fingerprint density at radius 3 is 0.867 bits per heavy atom. The maximum atomic E-state index is 13.5. The van der Waals surface area contributed by atoms with Crippen LogP contribution in [0.25, 0.3) is 83.6 Å². The number of carbonyl (C=O) groups is 5. The largest absolute Gasteiger partial charge is 0.497 e. The van der Waals surface area contributed by atoms with Gasteiger partial charge < -0.3 is 75.9 Å². The van der Waals surface area contributed by atoms with Crippen molar-refractivity contribution in [2.75, 3.05) is 108 Å². The Kier molecular flexibility index (Phi) is 29.9. The van der Waals surface area contributed by atoms with E-state index in [4.69, 9.17) is 23.7 Å². The lowest BCUT2D eigenvalue weighted by Gasteiger charge is -2.39. The highest BCUT2D eigenvalue weighted by Crippen LogP contribution is 2.37. The van der Waals surface area contributed by atoms with Gasteiger partial charge in [-0.2, -0.15) is 0 Å². The number of likely N-dealkylation sites (N-methyl/N-ethyl adjacent to an activating group) is 1. The van der Waals surface area contributed by atoms with Crippen molar-refractivity contribution in [2.45, 2.75) is 102 Å². The highest BCUT2D eigenvalue weighted by atomic mass is 19.3. The molecule has 10 aromatic heterocycles. The molecule has 5 aliphatic rings. The van der Waals surface area contributed by atoms with Crippen LogP contribution in [0.2, 0.25) is 0 Å². The number of fused-ring (bicyclic) bond motifs is 5. The first-order valence-electron chi connectivity index (χ1n) is 48.9. The van der Waals surface area contributed by atoms with Gasteiger partial charge in [0.2, 0.25) is 5.92 Å². The van der Waals surface area contributed by atoms with E-state index < -0.39 is 11.8 Å². The molecule has 26 nitrogen and oxygen atoms in total. The molecule has 5 amide bonds. The van der Waals surface area contributed by atoms with Crippen LogP contribution < -0.4 is 23.7 Å². The smallest absolute Gasteiger partial charge is 0.255 e. The molecule has 0 bridgehead atoms. The number of halogens is 2. The summed E-state index contributed by atoms with van der Waals surface area (Å²) in [7, 11) is 8.24. The van der Waals surface area contributed by atoms with Gasteiger partial charge in [-0.15, -0.1) is 0 Å². The van der Waals surface area contributed by atoms with Crippen LogP contribution >= 0.6 is 0 Å². The molecule has 5 fully saturated rings. The predicted octanol–water partition coefficient (Wildman–Crippen LogP) is 21.1. The van der Waals surface area contributed by atoms with Crippen LogP contribution in [0.5, 0.6) is 28.7 Å². The fraction of sp³-hybridized carbons (Fsp3) is 0.287. The highest BCUT2D eigenvalue weighted by Gasteiger charge is 2.39. The summed E-state index contributed by atoms with van der Waals surface area (Å²) in [5.41, 5.74) is 14.8. The van der Waals surface area contributed by atoms with Crippen LogP contribution in [0.15, 0.2) is 305 Å². The molecule has 732 valence electrons. The summed E-state index contributed by atoms with van der Waals surface area (Å²) in [5.74, 6) is 1.75. The molecule has 5 saturated heterocycles. The minimum Gasteiger partial charge on any atom is -0.497 e. The van der Waals surface area contributed by atoms with Crippen molar-refractivity contribution in [3.05, 3.63) is 344 Å². The molecule has 143 heavy (non-hydrogen) atoms. The Bertz CT molecular complexity index is 7270. The number of ether oxygens (including phenoxy) is 5. The van der Waals surface area contributed by atoms with E-state index in [1.54, 1.807) is 71.4 Å². The van der Waals surface area contributed by atoms with Crippen molar-refractivity contribution >= 4 is 84.7 Å². The van der Waals surface area contributed by atoms with Crippen LogP contribution in [0, 0.1) is 5.92 Å². The second-order valence-electron chi connectivity index (χ2n) is 37.0. The van der Waals surface area contributed by atoms with Gasteiger partial charge in [-0.25, -0.2) is 33.7 Å². The number of benzene rings is 7. The maximum Gasteiger partial charge on any atom is 0.255 e. The summed E-state index contributed by atoms with van der Waals surface area (Å²) in [4.78, 5) is 99.4. The number of hydrogen-bond donors (Lipinski definition) is 0. The normalized spacial score (nSPS) is 15.9. The molecule has 0 N–H and O–H groups in total. The van der Waals surface area contributed by atoms with Crippen LogP contribution in [-0.2, 0) is 0 Å².